The van der Waals surface area contributed by atoms with Crippen LogP contribution in [0.15, 0.2) is 53.0 Å². The van der Waals surface area contributed by atoms with Gasteiger partial charge in [-0.05, 0) is 36.2 Å². The highest BCUT2D eigenvalue weighted by atomic mass is 79.9. The van der Waals surface area contributed by atoms with Crippen LogP contribution in [0.3, 0.4) is 0 Å². The molecule has 2 aromatic rings. The standard InChI is InChI=1S/C20H22BrN3O2/c1-15-13-17(7-8-18(15)21)22-19(25)20(26)24-11-9-23(10-12-24)14-16-5-3-2-4-6-16/h2-8,13H,9-12,14H2,1H3,(H,22,25). The van der Waals surface area contributed by atoms with Crippen LogP contribution >= 0.6 is 15.9 Å². The van der Waals surface area contributed by atoms with Crippen LogP contribution in [0.4, 0.5) is 5.69 Å². The molecule has 1 heterocycles. The van der Waals surface area contributed by atoms with E-state index in [1.807, 2.05) is 37.3 Å². The monoisotopic (exact) mass is 415 g/mol. The molecule has 5 nitrogen and oxygen atoms in total. The van der Waals surface area contributed by atoms with Crippen molar-refractivity contribution in [3.05, 3.63) is 64.1 Å². The summed E-state index contributed by atoms with van der Waals surface area (Å²) in [5.74, 6) is -1.05. The van der Waals surface area contributed by atoms with Crippen LogP contribution < -0.4 is 5.32 Å². The highest BCUT2D eigenvalue weighted by Gasteiger charge is 2.26. The largest absolute Gasteiger partial charge is 0.332 e. The number of halogens is 1. The zero-order valence-electron chi connectivity index (χ0n) is 14.7. The Labute approximate surface area is 162 Å². The number of anilines is 1. The fourth-order valence-electron chi connectivity index (χ4n) is 3.00. The maximum absolute atomic E-state index is 12.4. The highest BCUT2D eigenvalue weighted by molar-refractivity contribution is 9.10. The molecular weight excluding hydrogens is 394 g/mol. The Bertz CT molecular complexity index is 787. The summed E-state index contributed by atoms with van der Waals surface area (Å²) in [6.07, 6.45) is 0. The molecule has 6 heteroatoms. The summed E-state index contributed by atoms with van der Waals surface area (Å²) < 4.78 is 0.969. The van der Waals surface area contributed by atoms with Gasteiger partial charge in [0.2, 0.25) is 0 Å². The topological polar surface area (TPSA) is 52.7 Å². The molecule has 1 aliphatic heterocycles. The first kappa shape index (κ1) is 18.6. The quantitative estimate of drug-likeness (QED) is 0.783. The highest BCUT2D eigenvalue weighted by Crippen LogP contribution is 2.20. The van der Waals surface area contributed by atoms with Crippen molar-refractivity contribution in [2.75, 3.05) is 31.5 Å². The molecule has 2 aromatic carbocycles. The molecule has 0 aromatic heterocycles. The number of aryl methyl sites for hydroxylation is 1. The zero-order valence-corrected chi connectivity index (χ0v) is 16.3. The summed E-state index contributed by atoms with van der Waals surface area (Å²) >= 11 is 3.42. The van der Waals surface area contributed by atoms with Gasteiger partial charge in [0.25, 0.3) is 0 Å². The van der Waals surface area contributed by atoms with Crippen molar-refractivity contribution in [2.45, 2.75) is 13.5 Å². The van der Waals surface area contributed by atoms with Gasteiger partial charge in [0.1, 0.15) is 0 Å². The van der Waals surface area contributed by atoms with Crippen LogP contribution in [0.1, 0.15) is 11.1 Å². The van der Waals surface area contributed by atoms with Crippen LogP contribution in [0.25, 0.3) is 0 Å². The Morgan fingerprint density at radius 2 is 1.73 bits per heavy atom. The molecule has 3 rings (SSSR count). The molecule has 0 spiro atoms. The normalized spacial score (nSPS) is 14.9. The maximum atomic E-state index is 12.4. The number of rotatable bonds is 3. The molecule has 0 atom stereocenters. The summed E-state index contributed by atoms with van der Waals surface area (Å²) in [5, 5.41) is 2.69. The van der Waals surface area contributed by atoms with Gasteiger partial charge >= 0.3 is 11.8 Å². The van der Waals surface area contributed by atoms with Crippen molar-refractivity contribution < 1.29 is 9.59 Å². The molecule has 0 saturated carbocycles. The lowest BCUT2D eigenvalue weighted by Gasteiger charge is -2.34. The number of amides is 2. The van der Waals surface area contributed by atoms with Gasteiger partial charge in [0, 0.05) is 42.9 Å². The molecule has 0 bridgehead atoms. The third-order valence-corrected chi connectivity index (χ3v) is 5.41. The van der Waals surface area contributed by atoms with Gasteiger partial charge in [0.15, 0.2) is 0 Å². The third-order valence-electron chi connectivity index (χ3n) is 4.52. The Hall–Kier alpha value is -2.18. The zero-order chi connectivity index (χ0) is 18.5. The van der Waals surface area contributed by atoms with Gasteiger partial charge in [-0.15, -0.1) is 0 Å². The Morgan fingerprint density at radius 3 is 2.38 bits per heavy atom. The molecule has 1 fully saturated rings. The van der Waals surface area contributed by atoms with Crippen LogP contribution in [-0.4, -0.2) is 47.8 Å². The third kappa shape index (κ3) is 4.71. The average Bonchev–Trinajstić information content (AvgIpc) is 2.65. The molecule has 1 N–H and O–H groups in total. The molecule has 0 unspecified atom stereocenters. The molecule has 0 radical (unpaired) electrons. The van der Waals surface area contributed by atoms with Gasteiger partial charge in [0.05, 0.1) is 0 Å². The molecule has 1 aliphatic rings. The number of benzene rings is 2. The van der Waals surface area contributed by atoms with E-state index in [0.29, 0.717) is 18.8 Å². The second-order valence-corrected chi connectivity index (χ2v) is 7.33. The number of hydrogen-bond donors (Lipinski definition) is 1. The van der Waals surface area contributed by atoms with E-state index >= 15 is 0 Å². The Morgan fingerprint density at radius 1 is 1.04 bits per heavy atom. The van der Waals surface area contributed by atoms with E-state index in [1.54, 1.807) is 11.0 Å². The van der Waals surface area contributed by atoms with Crippen LogP contribution in [-0.2, 0) is 16.1 Å². The van der Waals surface area contributed by atoms with Crippen molar-refractivity contribution >= 4 is 33.4 Å². The fraction of sp³-hybridized carbons (Fsp3) is 0.300. The van der Waals surface area contributed by atoms with Gasteiger partial charge in [-0.3, -0.25) is 14.5 Å². The SMILES string of the molecule is Cc1cc(NC(=O)C(=O)N2CCN(Cc3ccccc3)CC2)ccc1Br. The molecular formula is C20H22BrN3O2. The van der Waals surface area contributed by atoms with Gasteiger partial charge in [-0.25, -0.2) is 0 Å². The lowest BCUT2D eigenvalue weighted by molar-refractivity contribution is -0.144. The van der Waals surface area contributed by atoms with Crippen LogP contribution in [0, 0.1) is 6.92 Å². The minimum atomic E-state index is -0.580. The van der Waals surface area contributed by atoms with Crippen LogP contribution in [0.2, 0.25) is 0 Å². The van der Waals surface area contributed by atoms with Gasteiger partial charge in [-0.2, -0.15) is 0 Å². The molecule has 136 valence electrons. The van der Waals surface area contributed by atoms with E-state index in [-0.39, 0.29) is 0 Å². The summed E-state index contributed by atoms with van der Waals surface area (Å²) in [4.78, 5) is 28.6. The lowest BCUT2D eigenvalue weighted by atomic mass is 10.2. The first-order chi connectivity index (χ1) is 12.5. The second kappa shape index (κ2) is 8.47. The van der Waals surface area contributed by atoms with Crippen molar-refractivity contribution in [3.8, 4) is 0 Å². The minimum absolute atomic E-state index is 0.468. The van der Waals surface area contributed by atoms with Gasteiger partial charge in [-0.1, -0.05) is 46.3 Å². The number of carbonyl (C=O) groups is 2. The van der Waals surface area contributed by atoms with Crippen molar-refractivity contribution in [3.63, 3.8) is 0 Å². The van der Waals surface area contributed by atoms with Crippen molar-refractivity contribution in [1.82, 2.24) is 9.80 Å². The predicted molar refractivity (Wildman–Crippen MR) is 106 cm³/mol. The van der Waals surface area contributed by atoms with E-state index in [1.165, 1.54) is 5.56 Å². The first-order valence-corrected chi connectivity index (χ1v) is 9.45. The Kier molecular flexibility index (Phi) is 6.06. The molecule has 26 heavy (non-hydrogen) atoms. The van der Waals surface area contributed by atoms with E-state index in [0.717, 1.165) is 29.7 Å². The number of piperazine rings is 1. The predicted octanol–water partition coefficient (Wildman–Crippen LogP) is 3.04. The van der Waals surface area contributed by atoms with Crippen molar-refractivity contribution in [1.29, 1.82) is 0 Å². The number of nitrogens with one attached hydrogen (secondary N) is 1. The van der Waals surface area contributed by atoms with Gasteiger partial charge < -0.3 is 10.2 Å². The summed E-state index contributed by atoms with van der Waals surface area (Å²) in [6.45, 7) is 5.48. The minimum Gasteiger partial charge on any atom is -0.332 e. The maximum Gasteiger partial charge on any atom is 0.313 e. The molecule has 0 aliphatic carbocycles. The summed E-state index contributed by atoms with van der Waals surface area (Å²) in [7, 11) is 0. The summed E-state index contributed by atoms with van der Waals surface area (Å²) in [5.41, 5.74) is 2.90. The fourth-order valence-corrected chi connectivity index (χ4v) is 3.25. The van der Waals surface area contributed by atoms with E-state index in [4.69, 9.17) is 0 Å². The number of hydrogen-bond acceptors (Lipinski definition) is 3. The Balaban J connectivity index is 1.51. The number of nitrogens with zero attached hydrogens (tertiary/aromatic N) is 2. The first-order valence-electron chi connectivity index (χ1n) is 8.65. The van der Waals surface area contributed by atoms with E-state index in [2.05, 4.69) is 38.3 Å². The van der Waals surface area contributed by atoms with Crippen LogP contribution in [0.5, 0.6) is 0 Å². The lowest BCUT2D eigenvalue weighted by Crippen LogP contribution is -2.51. The second-order valence-electron chi connectivity index (χ2n) is 6.47. The molecule has 1 saturated heterocycles. The van der Waals surface area contributed by atoms with E-state index in [9.17, 15) is 9.59 Å². The number of carbonyl (C=O) groups excluding carboxylic acids is 2. The molecule has 2 amide bonds. The van der Waals surface area contributed by atoms with E-state index < -0.39 is 11.8 Å². The smallest absolute Gasteiger partial charge is 0.313 e. The summed E-state index contributed by atoms with van der Waals surface area (Å²) in [6, 6.07) is 15.7. The average molecular weight is 416 g/mol. The van der Waals surface area contributed by atoms with Crippen molar-refractivity contribution in [2.24, 2.45) is 0 Å².